The van der Waals surface area contributed by atoms with Crippen LogP contribution in [0.2, 0.25) is 5.02 Å². The zero-order valence-corrected chi connectivity index (χ0v) is 15.6. The molecule has 0 fully saturated rings. The third-order valence-electron chi connectivity index (χ3n) is 3.22. The molecule has 2 rings (SSSR count). The third-order valence-corrected chi connectivity index (χ3v) is 5.01. The van der Waals surface area contributed by atoms with Crippen molar-refractivity contribution in [3.63, 3.8) is 0 Å². The van der Waals surface area contributed by atoms with Gasteiger partial charge >= 0.3 is 5.97 Å². The van der Waals surface area contributed by atoms with E-state index in [-0.39, 0.29) is 28.6 Å². The van der Waals surface area contributed by atoms with E-state index >= 15 is 0 Å². The average Bonchev–Trinajstić information content (AvgIpc) is 2.64. The predicted molar refractivity (Wildman–Crippen MR) is 98.1 cm³/mol. The van der Waals surface area contributed by atoms with Gasteiger partial charge in [-0.15, -0.1) is 0 Å². The van der Waals surface area contributed by atoms with Crippen molar-refractivity contribution in [1.82, 2.24) is 4.72 Å². The lowest BCUT2D eigenvalue weighted by atomic mass is 10.2. The van der Waals surface area contributed by atoms with E-state index in [0.29, 0.717) is 5.75 Å². The number of primary amides is 1. The first-order chi connectivity index (χ1) is 12.8. The highest BCUT2D eigenvalue weighted by atomic mass is 35.5. The Morgan fingerprint density at radius 3 is 2.48 bits per heavy atom. The molecular formula is C17H17ClN2O6S. The molecule has 0 heterocycles. The van der Waals surface area contributed by atoms with Crippen LogP contribution in [0.15, 0.2) is 53.4 Å². The summed E-state index contributed by atoms with van der Waals surface area (Å²) in [5.74, 6) is -1.19. The fraction of sp³-hybridized carbons (Fsp3) is 0.176. The van der Waals surface area contributed by atoms with Crippen LogP contribution in [-0.2, 0) is 19.6 Å². The molecule has 0 aromatic heterocycles. The Morgan fingerprint density at radius 2 is 1.81 bits per heavy atom. The van der Waals surface area contributed by atoms with E-state index in [0.717, 1.165) is 6.07 Å². The maximum Gasteiger partial charge on any atom is 0.340 e. The lowest BCUT2D eigenvalue weighted by Crippen LogP contribution is -2.28. The van der Waals surface area contributed by atoms with E-state index in [4.69, 9.17) is 22.1 Å². The number of nitrogens with two attached hydrogens (primary N) is 1. The number of carbonyl (C=O) groups is 2. The summed E-state index contributed by atoms with van der Waals surface area (Å²) in [6, 6.07) is 12.5. The molecule has 27 heavy (non-hydrogen) atoms. The number of esters is 1. The van der Waals surface area contributed by atoms with Gasteiger partial charge in [0.25, 0.3) is 5.91 Å². The number of nitrogens with one attached hydrogen (secondary N) is 1. The van der Waals surface area contributed by atoms with Crippen LogP contribution in [0.3, 0.4) is 0 Å². The molecule has 2 aromatic rings. The minimum absolute atomic E-state index is 0.0152. The van der Waals surface area contributed by atoms with Gasteiger partial charge in [0, 0.05) is 6.54 Å². The van der Waals surface area contributed by atoms with Gasteiger partial charge in [-0.25, -0.2) is 17.9 Å². The third kappa shape index (κ3) is 6.24. The molecule has 0 radical (unpaired) electrons. The van der Waals surface area contributed by atoms with E-state index in [1.54, 1.807) is 24.3 Å². The quantitative estimate of drug-likeness (QED) is 0.473. The largest absolute Gasteiger partial charge is 0.492 e. The monoisotopic (exact) mass is 412 g/mol. The van der Waals surface area contributed by atoms with Gasteiger partial charge in [0.15, 0.2) is 6.61 Å². The zero-order valence-electron chi connectivity index (χ0n) is 14.1. The normalized spacial score (nSPS) is 11.0. The number of rotatable bonds is 9. The van der Waals surface area contributed by atoms with Gasteiger partial charge in [0.05, 0.1) is 15.5 Å². The van der Waals surface area contributed by atoms with E-state index in [1.807, 2.05) is 6.07 Å². The van der Waals surface area contributed by atoms with Crippen molar-refractivity contribution in [2.24, 2.45) is 5.73 Å². The Hall–Kier alpha value is -2.62. The lowest BCUT2D eigenvalue weighted by molar-refractivity contribution is -0.121. The Kier molecular flexibility index (Phi) is 7.17. The van der Waals surface area contributed by atoms with Crippen LogP contribution in [0.5, 0.6) is 5.75 Å². The Balaban J connectivity index is 2.01. The summed E-state index contributed by atoms with van der Waals surface area (Å²) in [6.07, 6.45) is 0. The zero-order chi connectivity index (χ0) is 19.9. The second-order valence-corrected chi connectivity index (χ2v) is 7.42. The molecule has 144 valence electrons. The average molecular weight is 413 g/mol. The van der Waals surface area contributed by atoms with E-state index < -0.39 is 28.5 Å². The number of carbonyl (C=O) groups excluding carboxylic acids is 2. The minimum atomic E-state index is -3.91. The summed E-state index contributed by atoms with van der Waals surface area (Å²) in [6.45, 7) is -0.507. The van der Waals surface area contributed by atoms with Crippen LogP contribution >= 0.6 is 11.6 Å². The molecule has 0 saturated carbocycles. The van der Waals surface area contributed by atoms with Crippen LogP contribution in [-0.4, -0.2) is 40.1 Å². The number of amides is 1. The molecule has 1 amide bonds. The van der Waals surface area contributed by atoms with Crippen molar-refractivity contribution in [2.75, 3.05) is 19.8 Å². The molecule has 0 unspecified atom stereocenters. The molecule has 10 heteroatoms. The van der Waals surface area contributed by atoms with E-state index in [2.05, 4.69) is 9.46 Å². The number of halogens is 1. The predicted octanol–water partition coefficient (Wildman–Crippen LogP) is 1.34. The van der Waals surface area contributed by atoms with Gasteiger partial charge in [-0.05, 0) is 30.3 Å². The van der Waals surface area contributed by atoms with Gasteiger partial charge < -0.3 is 15.2 Å². The van der Waals surface area contributed by atoms with Gasteiger partial charge in [0.1, 0.15) is 12.4 Å². The van der Waals surface area contributed by atoms with Crippen molar-refractivity contribution < 1.29 is 27.5 Å². The Morgan fingerprint density at radius 1 is 1.11 bits per heavy atom. The number of para-hydroxylation sites is 1. The minimum Gasteiger partial charge on any atom is -0.492 e. The molecule has 0 aliphatic rings. The first-order valence-corrected chi connectivity index (χ1v) is 9.58. The number of hydrogen-bond donors (Lipinski definition) is 2. The summed E-state index contributed by atoms with van der Waals surface area (Å²) in [7, 11) is -3.91. The van der Waals surface area contributed by atoms with Gasteiger partial charge in [-0.1, -0.05) is 29.8 Å². The number of ether oxygens (including phenoxy) is 2. The number of sulfonamides is 1. The van der Waals surface area contributed by atoms with Gasteiger partial charge in [0.2, 0.25) is 10.0 Å². The fourth-order valence-electron chi connectivity index (χ4n) is 1.99. The molecule has 0 aliphatic heterocycles. The second kappa shape index (κ2) is 9.36. The van der Waals surface area contributed by atoms with Crippen LogP contribution < -0.4 is 15.2 Å². The second-order valence-electron chi connectivity index (χ2n) is 5.24. The molecule has 0 saturated heterocycles. The summed E-state index contributed by atoms with van der Waals surface area (Å²) in [5, 5.41) is -0.0177. The van der Waals surface area contributed by atoms with Crippen molar-refractivity contribution in [3.05, 3.63) is 59.1 Å². The smallest absolute Gasteiger partial charge is 0.340 e. The highest BCUT2D eigenvalue weighted by Gasteiger charge is 2.19. The number of hydrogen-bond acceptors (Lipinski definition) is 6. The summed E-state index contributed by atoms with van der Waals surface area (Å²) in [5.41, 5.74) is 4.71. The molecule has 0 bridgehead atoms. The van der Waals surface area contributed by atoms with Crippen molar-refractivity contribution >= 4 is 33.5 Å². The molecule has 0 atom stereocenters. The summed E-state index contributed by atoms with van der Waals surface area (Å²) >= 11 is 5.90. The first-order valence-electron chi connectivity index (χ1n) is 7.72. The Bertz CT molecular complexity index is 918. The standard InChI is InChI=1S/C17H17ClN2O6S/c18-15-7-6-13(10-14(15)17(22)26-11-16(19)21)27(23,24)20-8-9-25-12-4-2-1-3-5-12/h1-7,10,20H,8-9,11H2,(H2,19,21). The van der Waals surface area contributed by atoms with Crippen molar-refractivity contribution in [2.45, 2.75) is 4.90 Å². The molecule has 2 aromatic carbocycles. The topological polar surface area (TPSA) is 125 Å². The van der Waals surface area contributed by atoms with Gasteiger partial charge in [-0.2, -0.15) is 0 Å². The first kappa shape index (κ1) is 20.7. The maximum absolute atomic E-state index is 12.4. The fourth-order valence-corrected chi connectivity index (χ4v) is 3.22. The molecule has 8 nitrogen and oxygen atoms in total. The van der Waals surface area contributed by atoms with Crippen molar-refractivity contribution in [1.29, 1.82) is 0 Å². The molecule has 3 N–H and O–H groups in total. The molecule has 0 aliphatic carbocycles. The molecular weight excluding hydrogens is 396 g/mol. The van der Waals surface area contributed by atoms with E-state index in [9.17, 15) is 18.0 Å². The van der Waals surface area contributed by atoms with Crippen LogP contribution in [0, 0.1) is 0 Å². The molecule has 0 spiro atoms. The van der Waals surface area contributed by atoms with Crippen LogP contribution in [0.4, 0.5) is 0 Å². The van der Waals surface area contributed by atoms with Crippen molar-refractivity contribution in [3.8, 4) is 5.75 Å². The van der Waals surface area contributed by atoms with Crippen LogP contribution in [0.1, 0.15) is 10.4 Å². The maximum atomic E-state index is 12.4. The SMILES string of the molecule is NC(=O)COC(=O)c1cc(S(=O)(=O)NCCOc2ccccc2)ccc1Cl. The highest BCUT2D eigenvalue weighted by molar-refractivity contribution is 7.89. The highest BCUT2D eigenvalue weighted by Crippen LogP contribution is 2.21. The summed E-state index contributed by atoms with van der Waals surface area (Å²) < 4.78 is 37.1. The van der Waals surface area contributed by atoms with E-state index in [1.165, 1.54) is 12.1 Å². The Labute approximate surface area is 161 Å². The summed E-state index contributed by atoms with van der Waals surface area (Å²) in [4.78, 5) is 22.4. The lowest BCUT2D eigenvalue weighted by Gasteiger charge is -2.10. The number of benzene rings is 2. The van der Waals surface area contributed by atoms with Crippen LogP contribution in [0.25, 0.3) is 0 Å². The van der Waals surface area contributed by atoms with Gasteiger partial charge in [-0.3, -0.25) is 4.79 Å².